The molecule has 0 atom stereocenters. The first kappa shape index (κ1) is 16.7. The fourth-order valence-corrected chi connectivity index (χ4v) is 2.95. The lowest BCUT2D eigenvalue weighted by atomic mass is 10.1. The number of aryl methyl sites for hydroxylation is 1. The van der Waals surface area contributed by atoms with E-state index in [-0.39, 0.29) is 28.2 Å². The zero-order valence-corrected chi connectivity index (χ0v) is 14.1. The monoisotopic (exact) mass is 377 g/mol. The maximum Gasteiger partial charge on any atom is 0.417 e. The quantitative estimate of drug-likeness (QED) is 0.452. The SMILES string of the molecule is Cc1nn(-c2ccc(Cl)cc2)c2nc(-c3ccco3)cc(C(F)(F)F)c12. The first-order valence-corrected chi connectivity index (χ1v) is 8.00. The highest BCUT2D eigenvalue weighted by atomic mass is 35.5. The fraction of sp³-hybridized carbons (Fsp3) is 0.111. The van der Waals surface area contributed by atoms with Crippen LogP contribution in [0.5, 0.6) is 0 Å². The van der Waals surface area contributed by atoms with E-state index in [2.05, 4.69) is 10.1 Å². The average molecular weight is 378 g/mol. The Balaban J connectivity index is 2.06. The smallest absolute Gasteiger partial charge is 0.417 e. The summed E-state index contributed by atoms with van der Waals surface area (Å²) >= 11 is 5.89. The highest BCUT2D eigenvalue weighted by molar-refractivity contribution is 6.30. The summed E-state index contributed by atoms with van der Waals surface area (Å²) in [7, 11) is 0. The summed E-state index contributed by atoms with van der Waals surface area (Å²) in [6, 6.07) is 10.8. The van der Waals surface area contributed by atoms with Gasteiger partial charge in [0, 0.05) is 5.02 Å². The van der Waals surface area contributed by atoms with Crippen LogP contribution >= 0.6 is 11.6 Å². The molecule has 8 heteroatoms. The Morgan fingerprint density at radius 2 is 1.85 bits per heavy atom. The molecule has 4 rings (SSSR count). The van der Waals surface area contributed by atoms with Crippen molar-refractivity contribution < 1.29 is 17.6 Å². The van der Waals surface area contributed by atoms with Crippen LogP contribution in [0.4, 0.5) is 13.2 Å². The van der Waals surface area contributed by atoms with Gasteiger partial charge in [-0.2, -0.15) is 18.3 Å². The standard InChI is InChI=1S/C18H11ClF3N3O/c1-10-16-13(18(20,21)22)9-14(15-3-2-8-26-15)23-17(16)25(24-10)12-6-4-11(19)5-7-12/h2-9H,1H3. The van der Waals surface area contributed by atoms with Gasteiger partial charge in [0.2, 0.25) is 0 Å². The summed E-state index contributed by atoms with van der Waals surface area (Å²) < 4.78 is 47.6. The second-order valence-corrected chi connectivity index (χ2v) is 6.14. The van der Waals surface area contributed by atoms with Gasteiger partial charge in [-0.1, -0.05) is 11.6 Å². The van der Waals surface area contributed by atoms with Gasteiger partial charge < -0.3 is 4.42 Å². The van der Waals surface area contributed by atoms with E-state index < -0.39 is 11.7 Å². The maximum atomic E-state index is 13.7. The average Bonchev–Trinajstić information content (AvgIpc) is 3.23. The van der Waals surface area contributed by atoms with E-state index >= 15 is 0 Å². The number of aromatic nitrogens is 3. The molecule has 0 unspecified atom stereocenters. The lowest BCUT2D eigenvalue weighted by Gasteiger charge is -2.11. The summed E-state index contributed by atoms with van der Waals surface area (Å²) in [6.07, 6.45) is -3.17. The van der Waals surface area contributed by atoms with E-state index in [1.807, 2.05) is 0 Å². The molecule has 3 heterocycles. The second-order valence-electron chi connectivity index (χ2n) is 5.70. The molecule has 4 aromatic rings. The molecule has 0 spiro atoms. The van der Waals surface area contributed by atoms with Crippen LogP contribution in [0.15, 0.2) is 53.1 Å². The van der Waals surface area contributed by atoms with Crippen molar-refractivity contribution in [3.05, 3.63) is 65.0 Å². The Kier molecular flexibility index (Phi) is 3.77. The molecule has 3 aromatic heterocycles. The van der Waals surface area contributed by atoms with Crippen molar-refractivity contribution in [2.45, 2.75) is 13.1 Å². The third-order valence-electron chi connectivity index (χ3n) is 3.96. The van der Waals surface area contributed by atoms with Gasteiger partial charge in [-0.3, -0.25) is 0 Å². The van der Waals surface area contributed by atoms with Crippen LogP contribution in [0.3, 0.4) is 0 Å². The normalized spacial score (nSPS) is 12.0. The minimum Gasteiger partial charge on any atom is -0.463 e. The van der Waals surface area contributed by atoms with Crippen molar-refractivity contribution in [1.29, 1.82) is 0 Å². The molecular formula is C18H11ClF3N3O. The summed E-state index contributed by atoms with van der Waals surface area (Å²) in [4.78, 5) is 4.39. The van der Waals surface area contributed by atoms with Gasteiger partial charge in [-0.25, -0.2) is 9.67 Å². The number of halogens is 4. The molecule has 0 radical (unpaired) electrons. The van der Waals surface area contributed by atoms with Crippen LogP contribution in [-0.2, 0) is 6.18 Å². The Hall–Kier alpha value is -2.80. The number of hydrogen-bond donors (Lipinski definition) is 0. The lowest BCUT2D eigenvalue weighted by molar-refractivity contribution is -0.136. The molecule has 1 aromatic carbocycles. The molecule has 0 N–H and O–H groups in total. The van der Waals surface area contributed by atoms with Gasteiger partial charge >= 0.3 is 6.18 Å². The van der Waals surface area contributed by atoms with Crippen LogP contribution < -0.4 is 0 Å². The van der Waals surface area contributed by atoms with Crippen molar-refractivity contribution in [1.82, 2.24) is 14.8 Å². The third kappa shape index (κ3) is 2.74. The first-order valence-electron chi connectivity index (χ1n) is 7.62. The van der Waals surface area contributed by atoms with Crippen LogP contribution in [-0.4, -0.2) is 14.8 Å². The molecule has 26 heavy (non-hydrogen) atoms. The molecule has 132 valence electrons. The Morgan fingerprint density at radius 3 is 2.46 bits per heavy atom. The first-order chi connectivity index (χ1) is 12.3. The predicted molar refractivity (Wildman–Crippen MR) is 91.3 cm³/mol. The van der Waals surface area contributed by atoms with Gasteiger partial charge in [-0.05, 0) is 49.4 Å². The largest absolute Gasteiger partial charge is 0.463 e. The van der Waals surface area contributed by atoms with Crippen molar-refractivity contribution in [2.75, 3.05) is 0 Å². The molecule has 0 saturated heterocycles. The molecule has 0 aliphatic rings. The Labute approximate surface area is 150 Å². The van der Waals surface area contributed by atoms with Gasteiger partial charge in [0.15, 0.2) is 11.4 Å². The summed E-state index contributed by atoms with van der Waals surface area (Å²) in [5.74, 6) is 0.249. The molecule has 0 fully saturated rings. The number of hydrogen-bond acceptors (Lipinski definition) is 3. The van der Waals surface area contributed by atoms with E-state index in [1.165, 1.54) is 17.9 Å². The molecular weight excluding hydrogens is 367 g/mol. The number of nitrogens with zero attached hydrogens (tertiary/aromatic N) is 3. The number of alkyl halides is 3. The van der Waals surface area contributed by atoms with Gasteiger partial charge in [0.25, 0.3) is 0 Å². The second kappa shape index (κ2) is 5.88. The third-order valence-corrected chi connectivity index (χ3v) is 4.21. The summed E-state index contributed by atoms with van der Waals surface area (Å²) in [6.45, 7) is 1.53. The number of furan rings is 1. The highest BCUT2D eigenvalue weighted by Crippen LogP contribution is 2.38. The number of pyridine rings is 1. The summed E-state index contributed by atoms with van der Waals surface area (Å²) in [5.41, 5.74) is 0.188. The van der Waals surface area contributed by atoms with Crippen LogP contribution in [0, 0.1) is 6.92 Å². The Bertz CT molecular complexity index is 1080. The van der Waals surface area contributed by atoms with E-state index in [1.54, 1.807) is 36.4 Å². The number of benzene rings is 1. The zero-order valence-electron chi connectivity index (χ0n) is 13.4. The predicted octanol–water partition coefficient (Wildman–Crippen LogP) is 5.66. The van der Waals surface area contributed by atoms with Crippen LogP contribution in [0.1, 0.15) is 11.3 Å². The van der Waals surface area contributed by atoms with Crippen molar-refractivity contribution in [2.24, 2.45) is 0 Å². The topological polar surface area (TPSA) is 43.9 Å². The van der Waals surface area contributed by atoms with Gasteiger partial charge in [0.1, 0.15) is 5.69 Å². The van der Waals surface area contributed by atoms with Crippen molar-refractivity contribution in [3.63, 3.8) is 0 Å². The minimum absolute atomic E-state index is 0.0391. The van der Waals surface area contributed by atoms with E-state index in [9.17, 15) is 13.2 Å². The Morgan fingerprint density at radius 1 is 1.12 bits per heavy atom. The summed E-state index contributed by atoms with van der Waals surface area (Å²) in [5, 5.41) is 4.74. The van der Waals surface area contributed by atoms with E-state index in [4.69, 9.17) is 16.0 Å². The van der Waals surface area contributed by atoms with Crippen LogP contribution in [0.2, 0.25) is 5.02 Å². The molecule has 0 aliphatic heterocycles. The maximum absolute atomic E-state index is 13.7. The molecule has 4 nitrogen and oxygen atoms in total. The van der Waals surface area contributed by atoms with E-state index in [0.717, 1.165) is 6.07 Å². The fourth-order valence-electron chi connectivity index (χ4n) is 2.83. The lowest BCUT2D eigenvalue weighted by Crippen LogP contribution is -2.08. The van der Waals surface area contributed by atoms with Gasteiger partial charge in [0.05, 0.1) is 28.6 Å². The highest BCUT2D eigenvalue weighted by Gasteiger charge is 2.36. The van der Waals surface area contributed by atoms with Crippen molar-refractivity contribution >= 4 is 22.6 Å². The molecule has 0 aliphatic carbocycles. The molecule has 0 saturated carbocycles. The minimum atomic E-state index is -4.55. The molecule has 0 bridgehead atoms. The van der Waals surface area contributed by atoms with Crippen molar-refractivity contribution in [3.8, 4) is 17.1 Å². The number of rotatable bonds is 2. The number of fused-ring (bicyclic) bond motifs is 1. The van der Waals surface area contributed by atoms with Crippen LogP contribution in [0.25, 0.3) is 28.2 Å². The zero-order chi connectivity index (χ0) is 18.5. The molecule has 0 amide bonds. The van der Waals surface area contributed by atoms with Gasteiger partial charge in [-0.15, -0.1) is 0 Å². The van der Waals surface area contributed by atoms with E-state index in [0.29, 0.717) is 10.7 Å².